The first-order valence-electron chi connectivity index (χ1n) is 5.62. The Morgan fingerprint density at radius 1 is 1.47 bits per heavy atom. The second-order valence-corrected chi connectivity index (χ2v) is 5.73. The van der Waals surface area contributed by atoms with Gasteiger partial charge in [0.2, 0.25) is 10.0 Å². The zero-order chi connectivity index (χ0) is 14.5. The SMILES string of the molecule is CCCN(CC(=O)O)S(=O)(=O)c1cncc(OC)c1. The van der Waals surface area contributed by atoms with Crippen LogP contribution in [0.2, 0.25) is 0 Å². The maximum absolute atomic E-state index is 12.3. The molecular weight excluding hydrogens is 272 g/mol. The number of carboxylic acid groups (broad SMARTS) is 1. The average molecular weight is 288 g/mol. The lowest BCUT2D eigenvalue weighted by Crippen LogP contribution is -2.36. The lowest BCUT2D eigenvalue weighted by atomic mass is 10.5. The van der Waals surface area contributed by atoms with Gasteiger partial charge in [0.25, 0.3) is 0 Å². The monoisotopic (exact) mass is 288 g/mol. The molecule has 8 heteroatoms. The van der Waals surface area contributed by atoms with E-state index in [2.05, 4.69) is 4.98 Å². The number of carboxylic acids is 1. The van der Waals surface area contributed by atoms with Gasteiger partial charge in [0.05, 0.1) is 13.3 Å². The fourth-order valence-electron chi connectivity index (χ4n) is 1.49. The lowest BCUT2D eigenvalue weighted by molar-refractivity contribution is -0.137. The molecule has 106 valence electrons. The number of aliphatic carboxylic acids is 1. The first-order chi connectivity index (χ1) is 8.91. The molecule has 0 aromatic carbocycles. The summed E-state index contributed by atoms with van der Waals surface area (Å²) < 4.78 is 30.4. The van der Waals surface area contributed by atoms with Crippen molar-refractivity contribution in [2.24, 2.45) is 0 Å². The van der Waals surface area contributed by atoms with Gasteiger partial charge in [-0.05, 0) is 6.42 Å². The number of methoxy groups -OCH3 is 1. The summed E-state index contributed by atoms with van der Waals surface area (Å²) in [6, 6.07) is 1.31. The minimum Gasteiger partial charge on any atom is -0.495 e. The average Bonchev–Trinajstić information content (AvgIpc) is 2.38. The van der Waals surface area contributed by atoms with Crippen LogP contribution < -0.4 is 4.74 Å². The van der Waals surface area contributed by atoms with E-state index in [9.17, 15) is 13.2 Å². The summed E-state index contributed by atoms with van der Waals surface area (Å²) in [5.74, 6) is -0.902. The summed E-state index contributed by atoms with van der Waals surface area (Å²) in [4.78, 5) is 14.4. The molecule has 0 atom stereocenters. The third-order valence-electron chi connectivity index (χ3n) is 2.35. The Hall–Kier alpha value is -1.67. The summed E-state index contributed by atoms with van der Waals surface area (Å²) in [6.45, 7) is 1.33. The van der Waals surface area contributed by atoms with Crippen LogP contribution in [0, 0.1) is 0 Å². The van der Waals surface area contributed by atoms with Gasteiger partial charge in [0.1, 0.15) is 17.2 Å². The zero-order valence-corrected chi connectivity index (χ0v) is 11.6. The number of hydrogen-bond acceptors (Lipinski definition) is 5. The molecule has 0 aliphatic heterocycles. The molecule has 1 heterocycles. The molecule has 0 bridgehead atoms. The molecule has 0 aliphatic rings. The Balaban J connectivity index is 3.14. The predicted octanol–water partition coefficient (Wildman–Crippen LogP) is 0.575. The zero-order valence-electron chi connectivity index (χ0n) is 10.7. The van der Waals surface area contributed by atoms with Crippen LogP contribution in [-0.4, -0.2) is 49.0 Å². The van der Waals surface area contributed by atoms with Crippen molar-refractivity contribution in [1.82, 2.24) is 9.29 Å². The van der Waals surface area contributed by atoms with E-state index in [4.69, 9.17) is 9.84 Å². The Morgan fingerprint density at radius 2 is 2.16 bits per heavy atom. The molecule has 1 aromatic rings. The smallest absolute Gasteiger partial charge is 0.318 e. The molecule has 0 fully saturated rings. The maximum atomic E-state index is 12.3. The molecule has 0 radical (unpaired) electrons. The molecule has 0 aliphatic carbocycles. The van der Waals surface area contributed by atoms with E-state index in [0.717, 1.165) is 4.31 Å². The highest BCUT2D eigenvalue weighted by atomic mass is 32.2. The van der Waals surface area contributed by atoms with Crippen molar-refractivity contribution in [3.63, 3.8) is 0 Å². The van der Waals surface area contributed by atoms with Crippen molar-refractivity contribution in [2.45, 2.75) is 18.2 Å². The van der Waals surface area contributed by atoms with Gasteiger partial charge in [-0.3, -0.25) is 9.78 Å². The van der Waals surface area contributed by atoms with Crippen LogP contribution in [0.25, 0.3) is 0 Å². The van der Waals surface area contributed by atoms with Crippen LogP contribution in [0.3, 0.4) is 0 Å². The molecule has 1 N–H and O–H groups in total. The third-order valence-corrected chi connectivity index (χ3v) is 4.16. The van der Waals surface area contributed by atoms with Crippen LogP contribution in [0.1, 0.15) is 13.3 Å². The third kappa shape index (κ3) is 3.90. The van der Waals surface area contributed by atoms with Crippen molar-refractivity contribution in [3.05, 3.63) is 18.5 Å². The van der Waals surface area contributed by atoms with Crippen LogP contribution >= 0.6 is 0 Å². The second kappa shape index (κ2) is 6.48. The van der Waals surface area contributed by atoms with Crippen molar-refractivity contribution < 1.29 is 23.1 Å². The number of ether oxygens (including phenoxy) is 1. The van der Waals surface area contributed by atoms with E-state index in [1.165, 1.54) is 25.6 Å². The molecule has 0 saturated heterocycles. The van der Waals surface area contributed by atoms with Gasteiger partial charge in [0.15, 0.2) is 0 Å². The Morgan fingerprint density at radius 3 is 2.68 bits per heavy atom. The van der Waals surface area contributed by atoms with Crippen LogP contribution in [-0.2, 0) is 14.8 Å². The van der Waals surface area contributed by atoms with Gasteiger partial charge < -0.3 is 9.84 Å². The van der Waals surface area contributed by atoms with Gasteiger partial charge in [-0.2, -0.15) is 4.31 Å². The van der Waals surface area contributed by atoms with E-state index in [1.807, 2.05) is 0 Å². The standard InChI is InChI=1S/C11H16N2O5S/c1-3-4-13(8-11(14)15)19(16,17)10-5-9(18-2)6-12-7-10/h5-7H,3-4,8H2,1-2H3,(H,14,15). The van der Waals surface area contributed by atoms with Crippen molar-refractivity contribution in [2.75, 3.05) is 20.2 Å². The van der Waals surface area contributed by atoms with E-state index in [1.54, 1.807) is 6.92 Å². The molecule has 7 nitrogen and oxygen atoms in total. The van der Waals surface area contributed by atoms with Crippen molar-refractivity contribution >= 4 is 16.0 Å². The molecule has 1 rings (SSSR count). The molecule has 0 amide bonds. The van der Waals surface area contributed by atoms with Crippen LogP contribution in [0.15, 0.2) is 23.4 Å². The normalized spacial score (nSPS) is 11.5. The van der Waals surface area contributed by atoms with Crippen molar-refractivity contribution in [1.29, 1.82) is 0 Å². The number of sulfonamides is 1. The predicted molar refractivity (Wildman–Crippen MR) is 67.5 cm³/mol. The highest BCUT2D eigenvalue weighted by Crippen LogP contribution is 2.19. The topological polar surface area (TPSA) is 96.8 Å². The largest absolute Gasteiger partial charge is 0.495 e. The number of pyridine rings is 1. The summed E-state index contributed by atoms with van der Waals surface area (Å²) >= 11 is 0. The first-order valence-corrected chi connectivity index (χ1v) is 7.06. The summed E-state index contributed by atoms with van der Waals surface area (Å²) in [7, 11) is -2.48. The second-order valence-electron chi connectivity index (χ2n) is 3.79. The van der Waals surface area contributed by atoms with E-state index in [0.29, 0.717) is 12.2 Å². The number of aromatic nitrogens is 1. The van der Waals surface area contributed by atoms with Crippen molar-refractivity contribution in [3.8, 4) is 5.75 Å². The van der Waals surface area contributed by atoms with Gasteiger partial charge in [-0.15, -0.1) is 0 Å². The highest BCUT2D eigenvalue weighted by molar-refractivity contribution is 7.89. The summed E-state index contributed by atoms with van der Waals surface area (Å²) in [5.41, 5.74) is 0. The Labute approximate surface area is 111 Å². The van der Waals surface area contributed by atoms with Crippen LogP contribution in [0.5, 0.6) is 5.75 Å². The molecular formula is C11H16N2O5S. The van der Waals surface area contributed by atoms with E-state index < -0.39 is 22.5 Å². The van der Waals surface area contributed by atoms with E-state index >= 15 is 0 Å². The number of carbonyl (C=O) groups is 1. The fourth-order valence-corrected chi connectivity index (χ4v) is 2.95. The maximum Gasteiger partial charge on any atom is 0.318 e. The van der Waals surface area contributed by atoms with Gasteiger partial charge in [-0.25, -0.2) is 8.42 Å². The molecule has 1 aromatic heterocycles. The molecule has 19 heavy (non-hydrogen) atoms. The number of rotatable bonds is 7. The minimum absolute atomic E-state index is 0.0819. The summed E-state index contributed by atoms with van der Waals surface area (Å²) in [5, 5.41) is 8.78. The molecule has 0 unspecified atom stereocenters. The van der Waals surface area contributed by atoms with Gasteiger partial charge >= 0.3 is 5.97 Å². The Kier molecular flexibility index (Phi) is 5.25. The Bertz CT molecular complexity index is 544. The first kappa shape index (κ1) is 15.4. The summed E-state index contributed by atoms with van der Waals surface area (Å²) in [6.07, 6.45) is 3.06. The minimum atomic E-state index is -3.88. The highest BCUT2D eigenvalue weighted by Gasteiger charge is 2.26. The fraction of sp³-hybridized carbons (Fsp3) is 0.455. The molecule has 0 saturated carbocycles. The van der Waals surface area contributed by atoms with Gasteiger partial charge in [0, 0.05) is 18.8 Å². The van der Waals surface area contributed by atoms with E-state index in [-0.39, 0.29) is 11.4 Å². The van der Waals surface area contributed by atoms with Gasteiger partial charge in [-0.1, -0.05) is 6.92 Å². The number of nitrogens with zero attached hydrogens (tertiary/aromatic N) is 2. The lowest BCUT2D eigenvalue weighted by Gasteiger charge is -2.19. The number of hydrogen-bond donors (Lipinski definition) is 1. The molecule has 0 spiro atoms. The van der Waals surface area contributed by atoms with Crippen LogP contribution in [0.4, 0.5) is 0 Å². The quantitative estimate of drug-likeness (QED) is 0.788.